The van der Waals surface area contributed by atoms with Crippen LogP contribution in [-0.2, 0) is 6.42 Å². The molecule has 0 aliphatic heterocycles. The molecule has 0 spiro atoms. The van der Waals surface area contributed by atoms with E-state index in [-0.39, 0.29) is 17.3 Å². The molecule has 0 unspecified atom stereocenters. The van der Waals surface area contributed by atoms with E-state index in [0.717, 1.165) is 11.1 Å². The normalized spacial score (nSPS) is 10.8. The molecule has 0 saturated carbocycles. The summed E-state index contributed by atoms with van der Waals surface area (Å²) in [5.74, 6) is 1.49. The third kappa shape index (κ3) is 2.93. The van der Waals surface area contributed by atoms with Gasteiger partial charge in [-0.1, -0.05) is 6.07 Å². The Hall–Kier alpha value is -3.29. The van der Waals surface area contributed by atoms with Crippen molar-refractivity contribution in [2.24, 2.45) is 0 Å². The van der Waals surface area contributed by atoms with Crippen LogP contribution in [-0.4, -0.2) is 29.2 Å². The SMILES string of the molecule is COc1ccc(Cc2c(C)c3c(N)nc(N)nc3[nH]c2=O)cc1OC. The van der Waals surface area contributed by atoms with Gasteiger partial charge < -0.3 is 25.9 Å². The van der Waals surface area contributed by atoms with Crippen LogP contribution in [0.3, 0.4) is 0 Å². The van der Waals surface area contributed by atoms with E-state index in [1.54, 1.807) is 20.3 Å². The average Bonchev–Trinajstić information content (AvgIpc) is 2.57. The number of fused-ring (bicyclic) bond motifs is 1. The standard InChI is InChI=1S/C17H19N5O3/c1-8-10(6-9-4-5-11(24-2)12(7-9)25-3)16(23)21-15-13(8)14(18)20-17(19)22-15/h4-5,7H,6H2,1-3H3,(H5,18,19,20,21,22,23). The van der Waals surface area contributed by atoms with Gasteiger partial charge in [0.25, 0.3) is 5.56 Å². The van der Waals surface area contributed by atoms with Gasteiger partial charge in [0.2, 0.25) is 5.95 Å². The number of nitrogens with zero attached hydrogens (tertiary/aromatic N) is 2. The zero-order valence-corrected chi connectivity index (χ0v) is 14.2. The maximum atomic E-state index is 12.5. The smallest absolute Gasteiger partial charge is 0.253 e. The fraction of sp³-hybridized carbons (Fsp3) is 0.235. The van der Waals surface area contributed by atoms with Gasteiger partial charge in [0.15, 0.2) is 11.5 Å². The summed E-state index contributed by atoms with van der Waals surface area (Å²) in [6.07, 6.45) is 0.404. The van der Waals surface area contributed by atoms with E-state index >= 15 is 0 Å². The molecule has 0 amide bonds. The maximum Gasteiger partial charge on any atom is 0.253 e. The van der Waals surface area contributed by atoms with E-state index in [2.05, 4.69) is 15.0 Å². The summed E-state index contributed by atoms with van der Waals surface area (Å²) in [6.45, 7) is 1.82. The summed E-state index contributed by atoms with van der Waals surface area (Å²) in [5, 5.41) is 0.601. The second kappa shape index (κ2) is 6.31. The molecule has 5 N–H and O–H groups in total. The van der Waals surface area contributed by atoms with Gasteiger partial charge in [-0.05, 0) is 30.2 Å². The number of pyridine rings is 1. The Balaban J connectivity index is 2.12. The number of methoxy groups -OCH3 is 2. The number of rotatable bonds is 4. The van der Waals surface area contributed by atoms with Crippen molar-refractivity contribution in [2.75, 3.05) is 25.7 Å². The third-order valence-electron chi connectivity index (χ3n) is 4.12. The van der Waals surface area contributed by atoms with E-state index in [4.69, 9.17) is 20.9 Å². The zero-order valence-electron chi connectivity index (χ0n) is 14.2. The van der Waals surface area contributed by atoms with Gasteiger partial charge in [-0.2, -0.15) is 9.97 Å². The molecule has 130 valence electrons. The minimum atomic E-state index is -0.239. The topological polar surface area (TPSA) is 129 Å². The zero-order chi connectivity index (χ0) is 18.1. The number of aromatic nitrogens is 3. The van der Waals surface area contributed by atoms with Crippen molar-refractivity contribution in [3.05, 3.63) is 45.2 Å². The first kappa shape index (κ1) is 16.6. The summed E-state index contributed by atoms with van der Waals surface area (Å²) < 4.78 is 10.5. The molecule has 3 rings (SSSR count). The van der Waals surface area contributed by atoms with Gasteiger partial charge in [0, 0.05) is 12.0 Å². The Kier molecular flexibility index (Phi) is 4.18. The average molecular weight is 341 g/mol. The second-order valence-corrected chi connectivity index (χ2v) is 5.61. The van der Waals surface area contributed by atoms with Gasteiger partial charge in [-0.3, -0.25) is 4.79 Å². The van der Waals surface area contributed by atoms with Crippen molar-refractivity contribution in [1.29, 1.82) is 0 Å². The minimum absolute atomic E-state index is 0.0210. The van der Waals surface area contributed by atoms with Crippen LogP contribution >= 0.6 is 0 Å². The quantitative estimate of drug-likeness (QED) is 0.654. The molecule has 0 radical (unpaired) electrons. The monoisotopic (exact) mass is 341 g/mol. The van der Waals surface area contributed by atoms with Crippen LogP contribution in [0.15, 0.2) is 23.0 Å². The lowest BCUT2D eigenvalue weighted by atomic mass is 9.99. The molecular weight excluding hydrogens is 322 g/mol. The summed E-state index contributed by atoms with van der Waals surface area (Å²) in [7, 11) is 3.14. The van der Waals surface area contributed by atoms with Crippen LogP contribution in [0.5, 0.6) is 11.5 Å². The number of ether oxygens (including phenoxy) is 2. The van der Waals surface area contributed by atoms with Gasteiger partial charge >= 0.3 is 0 Å². The number of aromatic amines is 1. The highest BCUT2D eigenvalue weighted by Gasteiger charge is 2.15. The molecule has 0 saturated heterocycles. The predicted molar refractivity (Wildman–Crippen MR) is 96.1 cm³/mol. The fourth-order valence-corrected chi connectivity index (χ4v) is 2.87. The number of H-pyrrole nitrogens is 1. The molecule has 8 nitrogen and oxygen atoms in total. The number of hydrogen-bond acceptors (Lipinski definition) is 7. The number of hydrogen-bond donors (Lipinski definition) is 3. The fourth-order valence-electron chi connectivity index (χ4n) is 2.87. The highest BCUT2D eigenvalue weighted by molar-refractivity contribution is 5.90. The molecule has 2 aromatic heterocycles. The number of benzene rings is 1. The Labute approximate surface area is 143 Å². The van der Waals surface area contributed by atoms with Crippen molar-refractivity contribution in [3.8, 4) is 11.5 Å². The van der Waals surface area contributed by atoms with Crippen LogP contribution in [0.2, 0.25) is 0 Å². The Bertz CT molecular complexity index is 1010. The van der Waals surface area contributed by atoms with E-state index in [1.165, 1.54) is 0 Å². The van der Waals surface area contributed by atoms with Crippen molar-refractivity contribution in [2.45, 2.75) is 13.3 Å². The first-order valence-corrected chi connectivity index (χ1v) is 7.60. The molecule has 0 aliphatic carbocycles. The molecule has 25 heavy (non-hydrogen) atoms. The molecule has 0 atom stereocenters. The van der Waals surface area contributed by atoms with Gasteiger partial charge in [-0.25, -0.2) is 0 Å². The van der Waals surface area contributed by atoms with Crippen molar-refractivity contribution in [3.63, 3.8) is 0 Å². The summed E-state index contributed by atoms with van der Waals surface area (Å²) in [4.78, 5) is 23.3. The number of nitrogens with one attached hydrogen (secondary N) is 1. The van der Waals surface area contributed by atoms with Crippen molar-refractivity contribution < 1.29 is 9.47 Å². The molecule has 1 aromatic carbocycles. The molecule has 3 aromatic rings. The van der Waals surface area contributed by atoms with Crippen molar-refractivity contribution in [1.82, 2.24) is 15.0 Å². The highest BCUT2D eigenvalue weighted by Crippen LogP contribution is 2.29. The van der Waals surface area contributed by atoms with Crippen LogP contribution in [0.4, 0.5) is 11.8 Å². The first-order chi connectivity index (χ1) is 11.9. The molecule has 0 aliphatic rings. The summed E-state index contributed by atoms with van der Waals surface area (Å²) in [5.41, 5.74) is 13.9. The predicted octanol–water partition coefficient (Wildman–Crippen LogP) is 1.40. The minimum Gasteiger partial charge on any atom is -0.493 e. The Morgan fingerprint density at radius 3 is 2.52 bits per heavy atom. The number of aryl methyl sites for hydroxylation is 1. The van der Waals surface area contributed by atoms with Gasteiger partial charge in [-0.15, -0.1) is 0 Å². The largest absolute Gasteiger partial charge is 0.493 e. The summed E-state index contributed by atoms with van der Waals surface area (Å²) in [6, 6.07) is 5.52. The maximum absolute atomic E-state index is 12.5. The van der Waals surface area contributed by atoms with Gasteiger partial charge in [0.1, 0.15) is 11.5 Å². The highest BCUT2D eigenvalue weighted by atomic mass is 16.5. The Morgan fingerprint density at radius 2 is 1.84 bits per heavy atom. The van der Waals surface area contributed by atoms with E-state index in [9.17, 15) is 4.79 Å². The second-order valence-electron chi connectivity index (χ2n) is 5.61. The van der Waals surface area contributed by atoms with Crippen LogP contribution in [0.25, 0.3) is 11.0 Å². The molecule has 2 heterocycles. The third-order valence-corrected chi connectivity index (χ3v) is 4.12. The summed E-state index contributed by atoms with van der Waals surface area (Å²) >= 11 is 0. The molecular formula is C17H19N5O3. The number of nitrogens with two attached hydrogens (primary N) is 2. The van der Waals surface area contributed by atoms with E-state index in [1.807, 2.05) is 19.1 Å². The molecule has 0 bridgehead atoms. The lowest BCUT2D eigenvalue weighted by Crippen LogP contribution is -2.17. The van der Waals surface area contributed by atoms with Crippen LogP contribution in [0, 0.1) is 6.92 Å². The van der Waals surface area contributed by atoms with E-state index in [0.29, 0.717) is 34.5 Å². The lowest BCUT2D eigenvalue weighted by molar-refractivity contribution is 0.354. The molecule has 0 fully saturated rings. The first-order valence-electron chi connectivity index (χ1n) is 7.60. The van der Waals surface area contributed by atoms with Crippen molar-refractivity contribution >= 4 is 22.8 Å². The van der Waals surface area contributed by atoms with Gasteiger partial charge in [0.05, 0.1) is 19.6 Å². The lowest BCUT2D eigenvalue weighted by Gasteiger charge is -2.12. The van der Waals surface area contributed by atoms with E-state index < -0.39 is 0 Å². The Morgan fingerprint density at radius 1 is 1.12 bits per heavy atom. The van der Waals surface area contributed by atoms with Crippen LogP contribution in [0.1, 0.15) is 16.7 Å². The number of anilines is 2. The number of nitrogen functional groups attached to an aromatic ring is 2. The molecule has 8 heteroatoms. The van der Waals surface area contributed by atoms with Crippen LogP contribution < -0.4 is 26.5 Å².